The molecule has 0 aliphatic rings. The van der Waals surface area contributed by atoms with E-state index in [0.29, 0.717) is 6.54 Å². The zero-order valence-electron chi connectivity index (χ0n) is 10.9. The highest BCUT2D eigenvalue weighted by Gasteiger charge is 2.29. The summed E-state index contributed by atoms with van der Waals surface area (Å²) < 4.78 is 13.0. The van der Waals surface area contributed by atoms with Crippen LogP contribution in [0.4, 0.5) is 4.39 Å². The number of hydrogen-bond acceptors (Lipinski definition) is 3. The van der Waals surface area contributed by atoms with Crippen LogP contribution in [0.1, 0.15) is 23.8 Å². The van der Waals surface area contributed by atoms with E-state index in [4.69, 9.17) is 0 Å². The van der Waals surface area contributed by atoms with E-state index in [9.17, 15) is 9.50 Å². The molecule has 1 unspecified atom stereocenters. The Bertz CT molecular complexity index is 491. The van der Waals surface area contributed by atoms with Crippen LogP contribution in [0.15, 0.2) is 41.8 Å². The van der Waals surface area contributed by atoms with Crippen molar-refractivity contribution in [2.75, 3.05) is 6.61 Å². The Morgan fingerprint density at radius 1 is 1.26 bits per heavy atom. The fourth-order valence-electron chi connectivity index (χ4n) is 2.13. The van der Waals surface area contributed by atoms with Gasteiger partial charge in [0.1, 0.15) is 5.82 Å². The molecule has 0 saturated heterocycles. The van der Waals surface area contributed by atoms with E-state index in [1.807, 2.05) is 18.4 Å². The molecule has 0 fully saturated rings. The van der Waals surface area contributed by atoms with Gasteiger partial charge in [-0.1, -0.05) is 25.1 Å². The molecule has 1 atom stereocenters. The summed E-state index contributed by atoms with van der Waals surface area (Å²) in [7, 11) is 0. The lowest BCUT2D eigenvalue weighted by Gasteiger charge is -2.32. The highest BCUT2D eigenvalue weighted by Crippen LogP contribution is 2.26. The second kappa shape index (κ2) is 6.28. The third-order valence-corrected chi connectivity index (χ3v) is 4.33. The number of thiophene rings is 1. The molecule has 0 aliphatic heterocycles. The summed E-state index contributed by atoms with van der Waals surface area (Å²) in [5.41, 5.74) is 0.396. The van der Waals surface area contributed by atoms with Gasteiger partial charge in [0.15, 0.2) is 0 Å². The van der Waals surface area contributed by atoms with Crippen molar-refractivity contribution in [3.63, 3.8) is 0 Å². The number of aliphatic hydroxyl groups is 1. The lowest BCUT2D eigenvalue weighted by atomic mass is 9.88. The van der Waals surface area contributed by atoms with E-state index in [1.165, 1.54) is 17.0 Å². The van der Waals surface area contributed by atoms with Gasteiger partial charge in [-0.05, 0) is 35.6 Å². The Hall–Kier alpha value is -1.23. The van der Waals surface area contributed by atoms with E-state index in [-0.39, 0.29) is 12.4 Å². The molecular weight excluding hydrogens is 261 g/mol. The molecule has 4 heteroatoms. The molecule has 2 rings (SSSR count). The molecule has 19 heavy (non-hydrogen) atoms. The number of aliphatic hydroxyl groups excluding tert-OH is 1. The monoisotopic (exact) mass is 279 g/mol. The Morgan fingerprint density at radius 2 is 2.00 bits per heavy atom. The van der Waals surface area contributed by atoms with E-state index in [2.05, 4.69) is 11.4 Å². The third-order valence-electron chi connectivity index (χ3n) is 3.45. The van der Waals surface area contributed by atoms with Gasteiger partial charge in [-0.3, -0.25) is 0 Å². The molecule has 0 bridgehead atoms. The summed E-state index contributed by atoms with van der Waals surface area (Å²) in [6.45, 7) is 2.70. The van der Waals surface area contributed by atoms with Crippen LogP contribution in [-0.2, 0) is 12.1 Å². The lowest BCUT2D eigenvalue weighted by Crippen LogP contribution is -2.44. The van der Waals surface area contributed by atoms with Crippen LogP contribution in [0, 0.1) is 5.82 Å². The van der Waals surface area contributed by atoms with Gasteiger partial charge in [0, 0.05) is 11.4 Å². The van der Waals surface area contributed by atoms with E-state index in [1.54, 1.807) is 23.5 Å². The Morgan fingerprint density at radius 3 is 2.53 bits per heavy atom. The molecular formula is C15H18FNOS. The van der Waals surface area contributed by atoms with Gasteiger partial charge in [0.05, 0.1) is 12.1 Å². The van der Waals surface area contributed by atoms with Crippen LogP contribution in [0.3, 0.4) is 0 Å². The molecule has 0 radical (unpaired) electrons. The fourth-order valence-corrected chi connectivity index (χ4v) is 2.77. The van der Waals surface area contributed by atoms with Crippen molar-refractivity contribution in [1.82, 2.24) is 5.32 Å². The molecule has 0 spiro atoms. The summed E-state index contributed by atoms with van der Waals surface area (Å²) >= 11 is 1.68. The van der Waals surface area contributed by atoms with Gasteiger partial charge in [0.25, 0.3) is 0 Å². The predicted octanol–water partition coefficient (Wildman–Crippen LogP) is 3.27. The highest BCUT2D eigenvalue weighted by atomic mass is 32.1. The summed E-state index contributed by atoms with van der Waals surface area (Å²) in [5, 5.41) is 15.2. The summed E-state index contributed by atoms with van der Waals surface area (Å²) in [6, 6.07) is 10.4. The smallest absolute Gasteiger partial charge is 0.123 e. The van der Waals surface area contributed by atoms with Gasteiger partial charge in [0.2, 0.25) is 0 Å². The molecule has 0 saturated carbocycles. The standard InChI is InChI=1S/C15H18FNOS/c1-2-15(11-18,12-5-7-13(16)8-6-12)17-10-14-4-3-9-19-14/h3-9,17-18H,2,10-11H2,1H3. The summed E-state index contributed by atoms with van der Waals surface area (Å²) in [4.78, 5) is 1.22. The number of benzene rings is 1. The van der Waals surface area contributed by atoms with Gasteiger partial charge < -0.3 is 10.4 Å². The van der Waals surface area contributed by atoms with Crippen molar-refractivity contribution in [1.29, 1.82) is 0 Å². The molecule has 2 aromatic rings. The maximum atomic E-state index is 13.0. The van der Waals surface area contributed by atoms with E-state index in [0.717, 1.165) is 12.0 Å². The second-order valence-electron chi connectivity index (χ2n) is 4.53. The van der Waals surface area contributed by atoms with Crippen molar-refractivity contribution < 1.29 is 9.50 Å². The highest BCUT2D eigenvalue weighted by molar-refractivity contribution is 7.09. The van der Waals surface area contributed by atoms with Crippen molar-refractivity contribution in [2.24, 2.45) is 0 Å². The van der Waals surface area contributed by atoms with Crippen molar-refractivity contribution in [2.45, 2.75) is 25.4 Å². The molecule has 102 valence electrons. The van der Waals surface area contributed by atoms with Gasteiger partial charge in [-0.2, -0.15) is 0 Å². The largest absolute Gasteiger partial charge is 0.394 e. The lowest BCUT2D eigenvalue weighted by molar-refractivity contribution is 0.154. The minimum Gasteiger partial charge on any atom is -0.394 e. The first-order chi connectivity index (χ1) is 9.20. The zero-order valence-corrected chi connectivity index (χ0v) is 11.7. The van der Waals surface area contributed by atoms with Gasteiger partial charge >= 0.3 is 0 Å². The topological polar surface area (TPSA) is 32.3 Å². The molecule has 2 N–H and O–H groups in total. The Kier molecular flexibility index (Phi) is 4.69. The van der Waals surface area contributed by atoms with Crippen LogP contribution in [-0.4, -0.2) is 11.7 Å². The average Bonchev–Trinajstić information content (AvgIpc) is 2.95. The maximum absolute atomic E-state index is 13.0. The van der Waals surface area contributed by atoms with Crippen LogP contribution in [0.25, 0.3) is 0 Å². The SMILES string of the molecule is CCC(CO)(NCc1cccs1)c1ccc(F)cc1. The van der Waals surface area contributed by atoms with Crippen LogP contribution in [0.2, 0.25) is 0 Å². The Balaban J connectivity index is 2.19. The molecule has 2 nitrogen and oxygen atoms in total. The molecule has 0 aliphatic carbocycles. The number of nitrogens with one attached hydrogen (secondary N) is 1. The molecule has 1 aromatic heterocycles. The normalized spacial score (nSPS) is 14.3. The minimum atomic E-state index is -0.516. The summed E-state index contributed by atoms with van der Waals surface area (Å²) in [6.07, 6.45) is 0.737. The number of hydrogen-bond donors (Lipinski definition) is 2. The molecule has 0 amide bonds. The quantitative estimate of drug-likeness (QED) is 0.850. The predicted molar refractivity (Wildman–Crippen MR) is 76.6 cm³/mol. The number of rotatable bonds is 6. The van der Waals surface area contributed by atoms with E-state index < -0.39 is 5.54 Å². The fraction of sp³-hybridized carbons (Fsp3) is 0.333. The number of halogens is 1. The van der Waals surface area contributed by atoms with Crippen LogP contribution < -0.4 is 5.32 Å². The zero-order chi connectivity index (χ0) is 13.7. The summed E-state index contributed by atoms with van der Waals surface area (Å²) in [5.74, 6) is -0.259. The molecule has 1 heterocycles. The second-order valence-corrected chi connectivity index (χ2v) is 5.57. The van der Waals surface area contributed by atoms with Crippen molar-refractivity contribution in [3.05, 3.63) is 58.0 Å². The van der Waals surface area contributed by atoms with Crippen molar-refractivity contribution in [3.8, 4) is 0 Å². The first-order valence-corrected chi connectivity index (χ1v) is 7.22. The van der Waals surface area contributed by atoms with Gasteiger partial charge in [-0.15, -0.1) is 11.3 Å². The van der Waals surface area contributed by atoms with Crippen LogP contribution in [0.5, 0.6) is 0 Å². The third kappa shape index (κ3) is 3.21. The first-order valence-electron chi connectivity index (χ1n) is 6.34. The Labute approximate surface area is 116 Å². The van der Waals surface area contributed by atoms with Crippen molar-refractivity contribution >= 4 is 11.3 Å². The maximum Gasteiger partial charge on any atom is 0.123 e. The van der Waals surface area contributed by atoms with Crippen LogP contribution >= 0.6 is 11.3 Å². The van der Waals surface area contributed by atoms with E-state index >= 15 is 0 Å². The minimum absolute atomic E-state index is 0.0134. The van der Waals surface area contributed by atoms with Gasteiger partial charge in [-0.25, -0.2) is 4.39 Å². The molecule has 1 aromatic carbocycles. The average molecular weight is 279 g/mol. The first kappa shape index (κ1) is 14.2.